The van der Waals surface area contributed by atoms with E-state index in [4.69, 9.17) is 0 Å². The Labute approximate surface area is 145 Å². The van der Waals surface area contributed by atoms with Crippen molar-refractivity contribution in [1.82, 2.24) is 0 Å². The fraction of sp³-hybridized carbons (Fsp3) is 0. The van der Waals surface area contributed by atoms with Gasteiger partial charge in [-0.05, 0) is 10.8 Å². The van der Waals surface area contributed by atoms with Crippen LogP contribution in [0.15, 0.2) is 48.5 Å². The van der Waals surface area contributed by atoms with Gasteiger partial charge in [-0.1, -0.05) is 48.5 Å². The van der Waals surface area contributed by atoms with E-state index in [1.807, 2.05) is 0 Å². The van der Waals surface area contributed by atoms with E-state index in [0.29, 0.717) is 0 Å². The zero-order valence-corrected chi connectivity index (χ0v) is 14.6. The maximum Gasteiger partial charge on any atom is 0 e. The van der Waals surface area contributed by atoms with Gasteiger partial charge in [-0.15, -0.1) is 0 Å². The Morgan fingerprint density at radius 1 is 0.462 bits per heavy atom. The molecule has 0 aromatic heterocycles. The molecule has 13 heavy (non-hydrogen) atoms. The van der Waals surface area contributed by atoms with Crippen LogP contribution in [0.2, 0.25) is 0 Å². The second-order valence-corrected chi connectivity index (χ2v) is 2.35. The summed E-state index contributed by atoms with van der Waals surface area (Å²) in [6.07, 6.45) is 0. The SMILES string of the molecule is [Na].[Na].[Na].c1ccc2ccccc2c1. The molecule has 0 saturated heterocycles. The zero-order chi connectivity index (χ0) is 6.81. The van der Waals surface area contributed by atoms with Crippen LogP contribution in [-0.4, -0.2) is 88.7 Å². The second-order valence-electron chi connectivity index (χ2n) is 2.35. The molecule has 0 amide bonds. The fourth-order valence-corrected chi connectivity index (χ4v) is 1.13. The van der Waals surface area contributed by atoms with Gasteiger partial charge in [0.25, 0.3) is 0 Å². The monoisotopic (exact) mass is 197 g/mol. The summed E-state index contributed by atoms with van der Waals surface area (Å²) in [6.45, 7) is 0. The molecule has 0 N–H and O–H groups in total. The average molecular weight is 197 g/mol. The summed E-state index contributed by atoms with van der Waals surface area (Å²) in [6, 6.07) is 16.7. The smallest absolute Gasteiger partial charge is 0 e. The Morgan fingerprint density at radius 3 is 0.923 bits per heavy atom. The molecule has 51 valence electrons. The molecule has 0 spiro atoms. The molecular formula is C10H8Na3. The molecule has 0 fully saturated rings. The number of hydrogen-bond donors (Lipinski definition) is 0. The third-order valence-electron chi connectivity index (χ3n) is 1.66. The minimum absolute atomic E-state index is 0. The standard InChI is InChI=1S/C10H8.3Na/c1-2-6-10-8-4-3-7-9(10)5-1;;;/h1-8H;;;. The van der Waals surface area contributed by atoms with E-state index < -0.39 is 0 Å². The van der Waals surface area contributed by atoms with Crippen LogP contribution >= 0.6 is 0 Å². The van der Waals surface area contributed by atoms with Crippen LogP contribution in [0.5, 0.6) is 0 Å². The normalized spacial score (nSPS) is 7.69. The molecule has 2 rings (SSSR count). The van der Waals surface area contributed by atoms with E-state index in [1.54, 1.807) is 0 Å². The van der Waals surface area contributed by atoms with Crippen LogP contribution < -0.4 is 0 Å². The summed E-state index contributed by atoms with van der Waals surface area (Å²) in [5.41, 5.74) is 0. The van der Waals surface area contributed by atoms with Gasteiger partial charge in [0.15, 0.2) is 0 Å². The maximum atomic E-state index is 2.12. The van der Waals surface area contributed by atoms with Gasteiger partial charge >= 0.3 is 0 Å². The van der Waals surface area contributed by atoms with Crippen LogP contribution in [0.4, 0.5) is 0 Å². The Hall–Kier alpha value is 1.70. The van der Waals surface area contributed by atoms with Crippen molar-refractivity contribution >= 4 is 99.4 Å². The summed E-state index contributed by atoms with van der Waals surface area (Å²) in [5.74, 6) is 0. The summed E-state index contributed by atoms with van der Waals surface area (Å²) in [4.78, 5) is 0. The average Bonchev–Trinajstić information content (AvgIpc) is 2.05. The first-order valence-corrected chi connectivity index (χ1v) is 3.40. The summed E-state index contributed by atoms with van der Waals surface area (Å²) in [7, 11) is 0. The van der Waals surface area contributed by atoms with Crippen molar-refractivity contribution in [3.8, 4) is 0 Å². The molecule has 0 saturated carbocycles. The zero-order valence-electron chi connectivity index (χ0n) is 8.62. The van der Waals surface area contributed by atoms with E-state index in [-0.39, 0.29) is 88.7 Å². The van der Waals surface area contributed by atoms with Crippen LogP contribution in [0.1, 0.15) is 0 Å². The maximum absolute atomic E-state index is 2.12. The Morgan fingerprint density at radius 2 is 0.692 bits per heavy atom. The van der Waals surface area contributed by atoms with Crippen molar-refractivity contribution in [2.75, 3.05) is 0 Å². The van der Waals surface area contributed by atoms with E-state index in [1.165, 1.54) is 10.8 Å². The molecule has 3 radical (unpaired) electrons. The number of hydrogen-bond acceptors (Lipinski definition) is 0. The molecule has 0 nitrogen and oxygen atoms in total. The van der Waals surface area contributed by atoms with Crippen molar-refractivity contribution in [2.45, 2.75) is 0 Å². The van der Waals surface area contributed by atoms with Crippen molar-refractivity contribution in [2.24, 2.45) is 0 Å². The van der Waals surface area contributed by atoms with Crippen LogP contribution in [0.25, 0.3) is 10.8 Å². The quantitative estimate of drug-likeness (QED) is 0.564. The van der Waals surface area contributed by atoms with Crippen molar-refractivity contribution < 1.29 is 0 Å². The molecule has 2 aromatic carbocycles. The fourth-order valence-electron chi connectivity index (χ4n) is 1.13. The molecular weight excluding hydrogens is 189 g/mol. The van der Waals surface area contributed by atoms with Crippen molar-refractivity contribution in [3.63, 3.8) is 0 Å². The predicted molar refractivity (Wildman–Crippen MR) is 61.2 cm³/mol. The van der Waals surface area contributed by atoms with Crippen LogP contribution in [0.3, 0.4) is 0 Å². The minimum atomic E-state index is 0. The van der Waals surface area contributed by atoms with Crippen LogP contribution in [0, 0.1) is 0 Å². The summed E-state index contributed by atoms with van der Waals surface area (Å²) < 4.78 is 0. The summed E-state index contributed by atoms with van der Waals surface area (Å²) >= 11 is 0. The van der Waals surface area contributed by atoms with Gasteiger partial charge in [0, 0.05) is 88.7 Å². The van der Waals surface area contributed by atoms with Crippen molar-refractivity contribution in [1.29, 1.82) is 0 Å². The first kappa shape index (κ1) is 17.1. The first-order chi connectivity index (χ1) is 4.97. The van der Waals surface area contributed by atoms with E-state index >= 15 is 0 Å². The molecule has 0 atom stereocenters. The first-order valence-electron chi connectivity index (χ1n) is 3.40. The Balaban J connectivity index is 0. The van der Waals surface area contributed by atoms with Gasteiger partial charge in [-0.2, -0.15) is 0 Å². The molecule has 0 aliphatic rings. The molecule has 0 aliphatic carbocycles. The molecule has 0 aliphatic heterocycles. The minimum Gasteiger partial charge on any atom is -0.0616 e. The number of rotatable bonds is 0. The molecule has 0 heterocycles. The largest absolute Gasteiger partial charge is 0.0616 e. The van der Waals surface area contributed by atoms with Gasteiger partial charge in [0.1, 0.15) is 0 Å². The van der Waals surface area contributed by atoms with Gasteiger partial charge in [-0.25, -0.2) is 0 Å². The van der Waals surface area contributed by atoms with E-state index in [2.05, 4.69) is 48.5 Å². The van der Waals surface area contributed by atoms with E-state index in [0.717, 1.165) is 0 Å². The third kappa shape index (κ3) is 4.83. The Kier molecular flexibility index (Phi) is 11.8. The van der Waals surface area contributed by atoms with Gasteiger partial charge in [0.2, 0.25) is 0 Å². The number of fused-ring (bicyclic) bond motifs is 1. The molecule has 0 bridgehead atoms. The van der Waals surface area contributed by atoms with Gasteiger partial charge in [-0.3, -0.25) is 0 Å². The Bertz CT molecular complexity index is 281. The topological polar surface area (TPSA) is 0 Å². The molecule has 0 unspecified atom stereocenters. The van der Waals surface area contributed by atoms with Gasteiger partial charge < -0.3 is 0 Å². The van der Waals surface area contributed by atoms with E-state index in [9.17, 15) is 0 Å². The summed E-state index contributed by atoms with van der Waals surface area (Å²) in [5, 5.41) is 2.62. The van der Waals surface area contributed by atoms with Gasteiger partial charge in [0.05, 0.1) is 0 Å². The molecule has 3 heteroatoms. The third-order valence-corrected chi connectivity index (χ3v) is 1.66. The van der Waals surface area contributed by atoms with Crippen LogP contribution in [-0.2, 0) is 0 Å². The van der Waals surface area contributed by atoms with Crippen molar-refractivity contribution in [3.05, 3.63) is 48.5 Å². The predicted octanol–water partition coefficient (Wildman–Crippen LogP) is 1.70. The number of benzene rings is 2. The second kappa shape index (κ2) is 8.96. The molecule has 2 aromatic rings.